The average molecular weight is 503 g/mol. The summed E-state index contributed by atoms with van der Waals surface area (Å²) in [6, 6.07) is 4.87. The molecule has 0 saturated carbocycles. The van der Waals surface area contributed by atoms with Gasteiger partial charge in [-0.05, 0) is 50.3 Å². The van der Waals surface area contributed by atoms with Crippen LogP contribution in [0.15, 0.2) is 29.4 Å². The van der Waals surface area contributed by atoms with E-state index in [9.17, 15) is 8.78 Å². The number of fused-ring (bicyclic) bond motifs is 1. The number of benzene rings is 1. The molecule has 1 aromatic carbocycles. The standard InChI is InChI=1S/C20H27F2N5.HI/c1-13(2)27-12-15-7-8-16(11-18(15)26-27)25-20(23-3)24-10-9-14-5-4-6-17(21)19(14)22;/h4-6,12-13,16H,7-11H2,1-3H3,(H2,23,24,25);1H. The lowest BCUT2D eigenvalue weighted by Crippen LogP contribution is -2.46. The van der Waals surface area contributed by atoms with Gasteiger partial charge in [0.1, 0.15) is 0 Å². The smallest absolute Gasteiger partial charge is 0.191 e. The molecule has 0 radical (unpaired) electrons. The quantitative estimate of drug-likeness (QED) is 0.373. The number of nitrogens with zero attached hydrogens (tertiary/aromatic N) is 3. The summed E-state index contributed by atoms with van der Waals surface area (Å²) < 4.78 is 29.0. The summed E-state index contributed by atoms with van der Waals surface area (Å²) in [5, 5.41) is 11.3. The molecule has 1 unspecified atom stereocenters. The molecular formula is C20H28F2IN5. The van der Waals surface area contributed by atoms with E-state index >= 15 is 0 Å². The number of halogens is 3. The van der Waals surface area contributed by atoms with Crippen molar-refractivity contribution in [2.24, 2.45) is 4.99 Å². The normalized spacial score (nSPS) is 16.5. The number of aromatic nitrogens is 2. The molecule has 0 saturated heterocycles. The molecule has 0 spiro atoms. The molecule has 2 N–H and O–H groups in total. The molecular weight excluding hydrogens is 475 g/mol. The highest BCUT2D eigenvalue weighted by Crippen LogP contribution is 2.21. The van der Waals surface area contributed by atoms with Gasteiger partial charge in [-0.1, -0.05) is 12.1 Å². The summed E-state index contributed by atoms with van der Waals surface area (Å²) in [7, 11) is 1.71. The minimum absolute atomic E-state index is 0. The van der Waals surface area contributed by atoms with Crippen molar-refractivity contribution in [2.75, 3.05) is 13.6 Å². The molecule has 8 heteroatoms. The first kappa shape index (κ1) is 22.6. The van der Waals surface area contributed by atoms with E-state index in [1.807, 2.05) is 4.68 Å². The number of aryl methyl sites for hydroxylation is 1. The van der Waals surface area contributed by atoms with Gasteiger partial charge in [-0.3, -0.25) is 9.67 Å². The summed E-state index contributed by atoms with van der Waals surface area (Å²) in [6.45, 7) is 4.72. The number of hydrogen-bond acceptors (Lipinski definition) is 2. The highest BCUT2D eigenvalue weighted by Gasteiger charge is 2.23. The predicted molar refractivity (Wildman–Crippen MR) is 118 cm³/mol. The number of hydrogen-bond donors (Lipinski definition) is 2. The fraction of sp³-hybridized carbons (Fsp3) is 0.500. The van der Waals surface area contributed by atoms with Crippen molar-refractivity contribution >= 4 is 29.9 Å². The lowest BCUT2D eigenvalue weighted by molar-refractivity contribution is 0.495. The highest BCUT2D eigenvalue weighted by molar-refractivity contribution is 14.0. The van der Waals surface area contributed by atoms with Crippen LogP contribution in [0.25, 0.3) is 0 Å². The van der Waals surface area contributed by atoms with Crippen molar-refractivity contribution in [1.82, 2.24) is 20.4 Å². The predicted octanol–water partition coefficient (Wildman–Crippen LogP) is 3.63. The van der Waals surface area contributed by atoms with Gasteiger partial charge in [0.2, 0.25) is 0 Å². The van der Waals surface area contributed by atoms with Crippen LogP contribution < -0.4 is 10.6 Å². The Labute approximate surface area is 182 Å². The first-order valence-corrected chi connectivity index (χ1v) is 9.45. The van der Waals surface area contributed by atoms with Crippen molar-refractivity contribution in [3.05, 3.63) is 52.9 Å². The maximum Gasteiger partial charge on any atom is 0.191 e. The van der Waals surface area contributed by atoms with Gasteiger partial charge in [0, 0.05) is 38.3 Å². The van der Waals surface area contributed by atoms with Crippen molar-refractivity contribution in [3.63, 3.8) is 0 Å². The second-order valence-electron chi connectivity index (χ2n) is 7.22. The third-order valence-corrected chi connectivity index (χ3v) is 4.91. The summed E-state index contributed by atoms with van der Waals surface area (Å²) in [5.74, 6) is -0.916. The van der Waals surface area contributed by atoms with Gasteiger partial charge in [-0.15, -0.1) is 24.0 Å². The van der Waals surface area contributed by atoms with E-state index in [1.165, 1.54) is 11.6 Å². The van der Waals surface area contributed by atoms with Gasteiger partial charge >= 0.3 is 0 Å². The Balaban J connectivity index is 0.00000280. The Morgan fingerprint density at radius 1 is 1.36 bits per heavy atom. The van der Waals surface area contributed by atoms with Crippen LogP contribution in [0.2, 0.25) is 0 Å². The van der Waals surface area contributed by atoms with Crippen molar-refractivity contribution < 1.29 is 8.78 Å². The lowest BCUT2D eigenvalue weighted by atomic mass is 9.94. The summed E-state index contributed by atoms with van der Waals surface area (Å²) >= 11 is 0. The van der Waals surface area contributed by atoms with Gasteiger partial charge in [0.25, 0.3) is 0 Å². The fourth-order valence-electron chi connectivity index (χ4n) is 3.35. The minimum Gasteiger partial charge on any atom is -0.356 e. The van der Waals surface area contributed by atoms with E-state index in [2.05, 4.69) is 35.7 Å². The number of aliphatic imine (C=N–C) groups is 1. The van der Waals surface area contributed by atoms with Crippen LogP contribution in [0.3, 0.4) is 0 Å². The van der Waals surface area contributed by atoms with Gasteiger partial charge in [-0.2, -0.15) is 5.10 Å². The fourth-order valence-corrected chi connectivity index (χ4v) is 3.35. The largest absolute Gasteiger partial charge is 0.356 e. The first-order chi connectivity index (χ1) is 13.0. The molecule has 1 atom stereocenters. The maximum absolute atomic E-state index is 13.7. The highest BCUT2D eigenvalue weighted by atomic mass is 127. The second kappa shape index (κ2) is 10.2. The van der Waals surface area contributed by atoms with Crippen molar-refractivity contribution in [2.45, 2.75) is 51.6 Å². The van der Waals surface area contributed by atoms with Crippen molar-refractivity contribution in [1.29, 1.82) is 0 Å². The molecule has 0 aliphatic heterocycles. The molecule has 28 heavy (non-hydrogen) atoms. The number of nitrogens with one attached hydrogen (secondary N) is 2. The van der Waals surface area contributed by atoms with E-state index in [-0.39, 0.29) is 30.0 Å². The van der Waals surface area contributed by atoms with Crippen LogP contribution in [0.1, 0.15) is 43.1 Å². The van der Waals surface area contributed by atoms with Crippen LogP contribution in [-0.2, 0) is 19.3 Å². The van der Waals surface area contributed by atoms with Crippen LogP contribution in [0, 0.1) is 11.6 Å². The van der Waals surface area contributed by atoms with Crippen molar-refractivity contribution in [3.8, 4) is 0 Å². The average Bonchev–Trinajstić information content (AvgIpc) is 3.08. The molecule has 154 valence electrons. The Morgan fingerprint density at radius 3 is 2.86 bits per heavy atom. The van der Waals surface area contributed by atoms with Crippen LogP contribution in [0.5, 0.6) is 0 Å². The summed E-state index contributed by atoms with van der Waals surface area (Å²) in [4.78, 5) is 4.24. The van der Waals surface area contributed by atoms with E-state index < -0.39 is 11.6 Å². The van der Waals surface area contributed by atoms with E-state index in [4.69, 9.17) is 5.10 Å². The second-order valence-corrected chi connectivity index (χ2v) is 7.22. The summed E-state index contributed by atoms with van der Waals surface area (Å²) in [6.07, 6.45) is 5.39. The van der Waals surface area contributed by atoms with Crippen LogP contribution >= 0.6 is 24.0 Å². The van der Waals surface area contributed by atoms with Gasteiger partial charge in [0.15, 0.2) is 17.6 Å². The molecule has 1 aromatic heterocycles. The number of guanidine groups is 1. The molecule has 0 bridgehead atoms. The molecule has 5 nitrogen and oxygen atoms in total. The Bertz CT molecular complexity index is 819. The van der Waals surface area contributed by atoms with Gasteiger partial charge in [-0.25, -0.2) is 8.78 Å². The molecule has 1 heterocycles. The monoisotopic (exact) mass is 503 g/mol. The SMILES string of the molecule is CN=C(NCCc1cccc(F)c1F)NC1CCc2cn(C(C)C)nc2C1.I. The molecule has 1 aliphatic carbocycles. The summed E-state index contributed by atoms with van der Waals surface area (Å²) in [5.41, 5.74) is 2.83. The Hall–Kier alpha value is -1.71. The van der Waals surface area contributed by atoms with Gasteiger partial charge in [0.05, 0.1) is 5.69 Å². The van der Waals surface area contributed by atoms with Gasteiger partial charge < -0.3 is 10.6 Å². The molecule has 0 amide bonds. The van der Waals surface area contributed by atoms with E-state index in [0.717, 1.165) is 31.0 Å². The number of rotatable bonds is 5. The van der Waals surface area contributed by atoms with E-state index in [1.54, 1.807) is 13.1 Å². The molecule has 1 aliphatic rings. The van der Waals surface area contributed by atoms with Crippen LogP contribution in [0.4, 0.5) is 8.78 Å². The van der Waals surface area contributed by atoms with Crippen LogP contribution in [-0.4, -0.2) is 35.4 Å². The zero-order valence-corrected chi connectivity index (χ0v) is 18.8. The lowest BCUT2D eigenvalue weighted by Gasteiger charge is -2.24. The Morgan fingerprint density at radius 2 is 2.14 bits per heavy atom. The minimum atomic E-state index is -0.811. The third-order valence-electron chi connectivity index (χ3n) is 4.91. The third kappa shape index (κ3) is 5.42. The Kier molecular flexibility index (Phi) is 8.21. The molecule has 2 aromatic rings. The topological polar surface area (TPSA) is 54.2 Å². The first-order valence-electron chi connectivity index (χ1n) is 9.45. The van der Waals surface area contributed by atoms with E-state index in [0.29, 0.717) is 30.5 Å². The molecule has 3 rings (SSSR count). The zero-order chi connectivity index (χ0) is 19.4. The maximum atomic E-state index is 13.7. The molecule has 0 fully saturated rings. The zero-order valence-electron chi connectivity index (χ0n) is 16.5.